The van der Waals surface area contributed by atoms with Crippen LogP contribution in [0.2, 0.25) is 0 Å². The summed E-state index contributed by atoms with van der Waals surface area (Å²) in [6.07, 6.45) is 3.85. The minimum atomic E-state index is -0.707. The van der Waals surface area contributed by atoms with E-state index < -0.39 is 5.60 Å². The molecule has 2 aromatic carbocycles. The smallest absolute Gasteiger partial charge is 0.254 e. The average molecular weight is 425 g/mol. The molecule has 0 unspecified atom stereocenters. The topological polar surface area (TPSA) is 71.2 Å². The van der Waals surface area contributed by atoms with E-state index in [1.807, 2.05) is 59.3 Å². The predicted octanol–water partition coefficient (Wildman–Crippen LogP) is 3.74. The molecule has 3 heterocycles. The minimum Gasteiger partial charge on any atom is -0.386 e. The Morgan fingerprint density at radius 3 is 2.41 bits per heavy atom. The van der Waals surface area contributed by atoms with Gasteiger partial charge in [-0.1, -0.05) is 60.7 Å². The number of carbonyl (C=O) groups is 1. The monoisotopic (exact) mass is 424 g/mol. The number of β-amino-alcohol motifs (C(OH)–C–C–N with tert-alkyl or cyclic N) is 1. The highest BCUT2D eigenvalue weighted by Gasteiger charge is 2.53. The molecule has 0 radical (unpaired) electrons. The zero-order valence-corrected chi connectivity index (χ0v) is 17.7. The number of likely N-dealkylation sites (tertiary alicyclic amines) is 1. The number of amides is 1. The number of hydrogen-bond acceptors (Lipinski definition) is 4. The molecule has 1 N–H and O–H groups in total. The summed E-state index contributed by atoms with van der Waals surface area (Å²) in [5, 5.41) is 16.0. The van der Waals surface area contributed by atoms with Crippen molar-refractivity contribution in [2.24, 2.45) is 5.92 Å². The van der Waals surface area contributed by atoms with Crippen molar-refractivity contribution in [3.63, 3.8) is 0 Å². The molecule has 2 aliphatic rings. The lowest BCUT2D eigenvalue weighted by Crippen LogP contribution is -2.64. The second-order valence-corrected chi connectivity index (χ2v) is 8.99. The second kappa shape index (κ2) is 7.28. The molecule has 1 saturated heterocycles. The van der Waals surface area contributed by atoms with Crippen molar-refractivity contribution in [1.29, 1.82) is 0 Å². The highest BCUT2D eigenvalue weighted by molar-refractivity contribution is 6.06. The number of aromatic nitrogens is 3. The van der Waals surface area contributed by atoms with Gasteiger partial charge in [0.1, 0.15) is 5.60 Å². The quantitative estimate of drug-likeness (QED) is 0.530. The van der Waals surface area contributed by atoms with E-state index in [2.05, 4.69) is 17.2 Å². The molecule has 32 heavy (non-hydrogen) atoms. The van der Waals surface area contributed by atoms with Crippen LogP contribution in [0.5, 0.6) is 0 Å². The first kappa shape index (κ1) is 19.2. The maximum atomic E-state index is 13.5. The summed E-state index contributed by atoms with van der Waals surface area (Å²) in [4.78, 5) is 20.1. The van der Waals surface area contributed by atoms with Gasteiger partial charge in [0.25, 0.3) is 5.91 Å². The van der Waals surface area contributed by atoms with Gasteiger partial charge in [-0.15, -0.1) is 0 Å². The molecule has 1 saturated carbocycles. The Labute approximate surface area is 186 Å². The van der Waals surface area contributed by atoms with E-state index >= 15 is 0 Å². The van der Waals surface area contributed by atoms with Crippen LogP contribution >= 0.6 is 0 Å². The van der Waals surface area contributed by atoms with Crippen LogP contribution in [-0.2, 0) is 6.54 Å². The fourth-order valence-corrected chi connectivity index (χ4v) is 4.66. The van der Waals surface area contributed by atoms with Crippen LogP contribution in [0.3, 0.4) is 0 Å². The van der Waals surface area contributed by atoms with Crippen molar-refractivity contribution in [2.45, 2.75) is 25.0 Å². The van der Waals surface area contributed by atoms with Gasteiger partial charge < -0.3 is 10.0 Å². The lowest BCUT2D eigenvalue weighted by molar-refractivity contribution is -0.0957. The first-order chi connectivity index (χ1) is 15.6. The molecular weight excluding hydrogens is 400 g/mol. The van der Waals surface area contributed by atoms with Gasteiger partial charge in [0.2, 0.25) is 0 Å². The van der Waals surface area contributed by atoms with Crippen LogP contribution in [0.4, 0.5) is 0 Å². The Morgan fingerprint density at radius 1 is 1.03 bits per heavy atom. The van der Waals surface area contributed by atoms with Crippen LogP contribution in [0.1, 0.15) is 28.8 Å². The van der Waals surface area contributed by atoms with Gasteiger partial charge in [0.05, 0.1) is 42.5 Å². The molecule has 4 aromatic rings. The van der Waals surface area contributed by atoms with Gasteiger partial charge in [-0.25, -0.2) is 9.67 Å². The van der Waals surface area contributed by atoms with Crippen molar-refractivity contribution in [1.82, 2.24) is 19.7 Å². The highest BCUT2D eigenvalue weighted by atomic mass is 16.3. The molecule has 0 bridgehead atoms. The number of carbonyl (C=O) groups excluding carboxylic acids is 1. The summed E-state index contributed by atoms with van der Waals surface area (Å²) < 4.78 is 1.85. The van der Waals surface area contributed by atoms with Crippen LogP contribution in [0, 0.1) is 5.92 Å². The molecule has 6 heteroatoms. The number of pyridine rings is 1. The van der Waals surface area contributed by atoms with Gasteiger partial charge in [-0.2, -0.15) is 5.10 Å². The molecule has 2 fully saturated rings. The first-order valence-electron chi connectivity index (χ1n) is 11.1. The fourth-order valence-electron chi connectivity index (χ4n) is 4.66. The number of aliphatic hydroxyl groups is 1. The zero-order chi connectivity index (χ0) is 21.7. The zero-order valence-electron chi connectivity index (χ0n) is 17.7. The van der Waals surface area contributed by atoms with Crippen molar-refractivity contribution < 1.29 is 9.90 Å². The van der Waals surface area contributed by atoms with Crippen molar-refractivity contribution in [3.8, 4) is 11.3 Å². The number of benzene rings is 2. The standard InChI is InChI=1S/C26H24N4O2/c31-25(29-16-26(32,17-29)20-11-12-20)21-13-23(19-9-5-2-6-10-19)28-24-22(21)14-27-30(24)15-18-7-3-1-4-8-18/h1-10,13-14,20,32H,11-12,15-17H2. The van der Waals surface area contributed by atoms with Gasteiger partial charge in [-0.3, -0.25) is 4.79 Å². The summed E-state index contributed by atoms with van der Waals surface area (Å²) in [6, 6.07) is 21.9. The van der Waals surface area contributed by atoms with Crippen LogP contribution in [0.15, 0.2) is 72.9 Å². The maximum Gasteiger partial charge on any atom is 0.254 e. The van der Waals surface area contributed by atoms with E-state index in [9.17, 15) is 9.90 Å². The average Bonchev–Trinajstić information content (AvgIpc) is 3.59. The van der Waals surface area contributed by atoms with Crippen molar-refractivity contribution in [2.75, 3.05) is 13.1 Å². The molecule has 160 valence electrons. The first-order valence-corrected chi connectivity index (χ1v) is 11.1. The van der Waals surface area contributed by atoms with E-state index in [1.54, 1.807) is 11.1 Å². The van der Waals surface area contributed by atoms with Crippen molar-refractivity contribution >= 4 is 16.9 Å². The summed E-state index contributed by atoms with van der Waals surface area (Å²) in [5.74, 6) is 0.275. The van der Waals surface area contributed by atoms with Gasteiger partial charge >= 0.3 is 0 Å². The number of fused-ring (bicyclic) bond motifs is 1. The molecule has 0 spiro atoms. The minimum absolute atomic E-state index is 0.0702. The maximum absolute atomic E-state index is 13.5. The van der Waals surface area contributed by atoms with E-state index in [0.717, 1.165) is 35.0 Å². The Bertz CT molecular complexity index is 1290. The molecule has 6 rings (SSSR count). The summed E-state index contributed by atoms with van der Waals surface area (Å²) in [7, 11) is 0. The third-order valence-corrected chi connectivity index (χ3v) is 6.64. The summed E-state index contributed by atoms with van der Waals surface area (Å²) >= 11 is 0. The second-order valence-electron chi connectivity index (χ2n) is 8.99. The van der Waals surface area contributed by atoms with Crippen molar-refractivity contribution in [3.05, 3.63) is 84.1 Å². The Balaban J connectivity index is 1.41. The molecule has 1 aliphatic carbocycles. The van der Waals surface area contributed by atoms with Crippen LogP contribution in [-0.4, -0.2) is 49.4 Å². The third kappa shape index (κ3) is 3.28. The van der Waals surface area contributed by atoms with Gasteiger partial charge in [-0.05, 0) is 30.4 Å². The third-order valence-electron chi connectivity index (χ3n) is 6.64. The normalized spacial score (nSPS) is 17.3. The molecular formula is C26H24N4O2. The lowest BCUT2D eigenvalue weighted by Gasteiger charge is -2.47. The number of rotatable bonds is 5. The Hall–Kier alpha value is -3.51. The fraction of sp³-hybridized carbons (Fsp3) is 0.269. The van der Waals surface area contributed by atoms with E-state index in [1.165, 1.54) is 0 Å². The molecule has 1 amide bonds. The SMILES string of the molecule is O=C(c1cc(-c2ccccc2)nc2c1cnn2Cc1ccccc1)N1CC(O)(C2CC2)C1. The molecule has 1 aliphatic heterocycles. The largest absolute Gasteiger partial charge is 0.386 e. The van der Waals surface area contributed by atoms with Gasteiger partial charge in [0.15, 0.2) is 5.65 Å². The Morgan fingerprint density at radius 2 is 1.72 bits per heavy atom. The Kier molecular flexibility index (Phi) is 4.36. The molecule has 6 nitrogen and oxygen atoms in total. The highest BCUT2D eigenvalue weighted by Crippen LogP contribution is 2.45. The van der Waals surface area contributed by atoms with E-state index in [0.29, 0.717) is 36.8 Å². The van der Waals surface area contributed by atoms with E-state index in [-0.39, 0.29) is 5.91 Å². The number of hydrogen-bond donors (Lipinski definition) is 1. The summed E-state index contributed by atoms with van der Waals surface area (Å²) in [5.41, 5.74) is 3.39. The predicted molar refractivity (Wildman–Crippen MR) is 122 cm³/mol. The van der Waals surface area contributed by atoms with Crippen LogP contribution < -0.4 is 0 Å². The van der Waals surface area contributed by atoms with E-state index in [4.69, 9.17) is 4.98 Å². The lowest BCUT2D eigenvalue weighted by atomic mass is 9.88. The van der Waals surface area contributed by atoms with Crippen LogP contribution in [0.25, 0.3) is 22.3 Å². The summed E-state index contributed by atoms with van der Waals surface area (Å²) in [6.45, 7) is 1.38. The van der Waals surface area contributed by atoms with Gasteiger partial charge in [0, 0.05) is 5.56 Å². The number of nitrogens with zero attached hydrogens (tertiary/aromatic N) is 4. The molecule has 2 aromatic heterocycles. The molecule has 0 atom stereocenters.